The van der Waals surface area contributed by atoms with Gasteiger partial charge in [0.25, 0.3) is 0 Å². The minimum absolute atomic E-state index is 0.316. The van der Waals surface area contributed by atoms with E-state index >= 15 is 0 Å². The summed E-state index contributed by atoms with van der Waals surface area (Å²) in [6, 6.07) is 0.406. The maximum Gasteiger partial charge on any atom is 0.191 e. The molecule has 3 atom stereocenters. The van der Waals surface area contributed by atoms with Gasteiger partial charge < -0.3 is 10.2 Å². The molecule has 0 spiro atoms. The summed E-state index contributed by atoms with van der Waals surface area (Å²) in [6.07, 6.45) is 2.32. The summed E-state index contributed by atoms with van der Waals surface area (Å²) in [5.74, 6) is 1.42. The summed E-state index contributed by atoms with van der Waals surface area (Å²) in [5, 5.41) is 0.316. The SMILES string of the molecule is C[C@H]1C[C@H](N)C[C@H]1CO[Si](C)(C)C(C)(C)C. The zero-order valence-corrected chi connectivity index (χ0v) is 12.8. The van der Waals surface area contributed by atoms with E-state index in [2.05, 4.69) is 40.8 Å². The summed E-state index contributed by atoms with van der Waals surface area (Å²) in [6.45, 7) is 14.8. The van der Waals surface area contributed by atoms with Gasteiger partial charge in [-0.2, -0.15) is 0 Å². The van der Waals surface area contributed by atoms with Gasteiger partial charge in [0.2, 0.25) is 0 Å². The maximum absolute atomic E-state index is 6.28. The molecule has 1 rings (SSSR count). The third-order valence-electron chi connectivity index (χ3n) is 4.55. The molecule has 16 heavy (non-hydrogen) atoms. The largest absolute Gasteiger partial charge is 0.417 e. The van der Waals surface area contributed by atoms with Crippen molar-refractivity contribution in [3.63, 3.8) is 0 Å². The van der Waals surface area contributed by atoms with Crippen LogP contribution in [0.25, 0.3) is 0 Å². The lowest BCUT2D eigenvalue weighted by Gasteiger charge is -2.37. The van der Waals surface area contributed by atoms with Crippen LogP contribution < -0.4 is 5.73 Å². The lowest BCUT2D eigenvalue weighted by molar-refractivity contribution is 0.203. The van der Waals surface area contributed by atoms with Crippen LogP contribution in [0.3, 0.4) is 0 Å². The molecular weight excluding hydrogens is 214 g/mol. The summed E-state index contributed by atoms with van der Waals surface area (Å²) in [5.41, 5.74) is 6.00. The normalized spacial score (nSPS) is 32.1. The van der Waals surface area contributed by atoms with E-state index in [1.54, 1.807) is 0 Å². The van der Waals surface area contributed by atoms with Gasteiger partial charge in [0.1, 0.15) is 0 Å². The molecule has 1 fully saturated rings. The van der Waals surface area contributed by atoms with Crippen molar-refractivity contribution in [2.45, 2.75) is 64.7 Å². The fourth-order valence-electron chi connectivity index (χ4n) is 2.15. The van der Waals surface area contributed by atoms with Gasteiger partial charge in [-0.1, -0.05) is 27.7 Å². The highest BCUT2D eigenvalue weighted by atomic mass is 28.4. The Labute approximate surface area is 102 Å². The molecule has 0 aromatic heterocycles. The van der Waals surface area contributed by atoms with Crippen LogP contribution in [0.5, 0.6) is 0 Å². The molecule has 0 aliphatic heterocycles. The molecule has 3 heteroatoms. The molecule has 0 unspecified atom stereocenters. The summed E-state index contributed by atoms with van der Waals surface area (Å²) in [7, 11) is -1.56. The van der Waals surface area contributed by atoms with Gasteiger partial charge in [0.05, 0.1) is 0 Å². The molecule has 2 nitrogen and oxygen atoms in total. The Bertz CT molecular complexity index is 235. The third kappa shape index (κ3) is 3.31. The van der Waals surface area contributed by atoms with E-state index in [0.717, 1.165) is 18.9 Å². The van der Waals surface area contributed by atoms with Gasteiger partial charge in [0, 0.05) is 12.6 Å². The van der Waals surface area contributed by atoms with E-state index in [-0.39, 0.29) is 0 Å². The Balaban J connectivity index is 2.46. The van der Waals surface area contributed by atoms with Crippen molar-refractivity contribution in [2.24, 2.45) is 17.6 Å². The van der Waals surface area contributed by atoms with E-state index in [4.69, 9.17) is 10.2 Å². The van der Waals surface area contributed by atoms with Crippen molar-refractivity contribution in [1.82, 2.24) is 0 Å². The van der Waals surface area contributed by atoms with Gasteiger partial charge in [-0.3, -0.25) is 0 Å². The molecule has 0 amide bonds. The average molecular weight is 243 g/mol. The number of nitrogens with two attached hydrogens (primary N) is 1. The number of hydrogen-bond donors (Lipinski definition) is 1. The van der Waals surface area contributed by atoms with E-state index in [1.807, 2.05) is 0 Å². The molecule has 0 saturated heterocycles. The number of rotatable bonds is 3. The second-order valence-corrected chi connectivity index (χ2v) is 11.8. The van der Waals surface area contributed by atoms with Crippen molar-refractivity contribution >= 4 is 8.32 Å². The van der Waals surface area contributed by atoms with Crippen molar-refractivity contribution in [3.05, 3.63) is 0 Å². The Morgan fingerprint density at radius 1 is 1.25 bits per heavy atom. The molecular formula is C13H29NOSi. The highest BCUT2D eigenvalue weighted by Gasteiger charge is 2.39. The van der Waals surface area contributed by atoms with E-state index < -0.39 is 8.32 Å². The first-order valence-corrected chi connectivity index (χ1v) is 9.44. The standard InChI is InChI=1S/C13H29NOSi/c1-10-7-12(14)8-11(10)9-15-16(5,6)13(2,3)4/h10-12H,7-9,14H2,1-6H3/t10-,11-,12-/m0/s1. The maximum atomic E-state index is 6.28. The Morgan fingerprint density at radius 3 is 2.19 bits per heavy atom. The van der Waals surface area contributed by atoms with Crippen LogP contribution in [-0.4, -0.2) is 21.0 Å². The summed E-state index contributed by atoms with van der Waals surface area (Å²) < 4.78 is 6.28. The number of hydrogen-bond acceptors (Lipinski definition) is 2. The predicted octanol–water partition coefficient (Wildman–Crippen LogP) is 3.38. The topological polar surface area (TPSA) is 35.2 Å². The Morgan fingerprint density at radius 2 is 1.81 bits per heavy atom. The second kappa shape index (κ2) is 4.79. The highest BCUT2D eigenvalue weighted by molar-refractivity contribution is 6.74. The van der Waals surface area contributed by atoms with Crippen LogP contribution in [-0.2, 0) is 4.43 Å². The first-order valence-electron chi connectivity index (χ1n) is 6.53. The lowest BCUT2D eigenvalue weighted by atomic mass is 10.00. The molecule has 2 N–H and O–H groups in total. The smallest absolute Gasteiger partial charge is 0.191 e. The summed E-state index contributed by atoms with van der Waals surface area (Å²) in [4.78, 5) is 0. The fourth-order valence-corrected chi connectivity index (χ4v) is 3.22. The van der Waals surface area contributed by atoms with E-state index in [1.165, 1.54) is 6.42 Å². The minimum atomic E-state index is -1.56. The van der Waals surface area contributed by atoms with E-state index in [9.17, 15) is 0 Å². The van der Waals surface area contributed by atoms with E-state index in [0.29, 0.717) is 17.0 Å². The second-order valence-electron chi connectivity index (χ2n) is 7.04. The van der Waals surface area contributed by atoms with Crippen LogP contribution in [0, 0.1) is 11.8 Å². The Hall–Kier alpha value is 0.137. The van der Waals surface area contributed by atoms with Crippen LogP contribution in [0.1, 0.15) is 40.5 Å². The zero-order valence-electron chi connectivity index (χ0n) is 11.8. The van der Waals surface area contributed by atoms with Gasteiger partial charge in [0.15, 0.2) is 8.32 Å². The molecule has 0 aromatic rings. The van der Waals surface area contributed by atoms with Gasteiger partial charge in [-0.15, -0.1) is 0 Å². The van der Waals surface area contributed by atoms with Crippen LogP contribution in [0.4, 0.5) is 0 Å². The molecule has 1 aliphatic rings. The molecule has 96 valence electrons. The fraction of sp³-hybridized carbons (Fsp3) is 1.00. The monoisotopic (exact) mass is 243 g/mol. The van der Waals surface area contributed by atoms with Gasteiger partial charge in [-0.25, -0.2) is 0 Å². The van der Waals surface area contributed by atoms with Crippen molar-refractivity contribution in [1.29, 1.82) is 0 Å². The summed E-state index contributed by atoms with van der Waals surface area (Å²) >= 11 is 0. The first kappa shape index (κ1) is 14.2. The third-order valence-corrected chi connectivity index (χ3v) is 9.05. The van der Waals surface area contributed by atoms with Crippen LogP contribution in [0.15, 0.2) is 0 Å². The van der Waals surface area contributed by atoms with Gasteiger partial charge >= 0.3 is 0 Å². The zero-order chi connectivity index (χ0) is 12.6. The first-order chi connectivity index (χ1) is 7.13. The molecule has 0 aromatic carbocycles. The highest BCUT2D eigenvalue weighted by Crippen LogP contribution is 2.38. The van der Waals surface area contributed by atoms with Crippen LogP contribution >= 0.6 is 0 Å². The molecule has 0 heterocycles. The predicted molar refractivity (Wildman–Crippen MR) is 73.0 cm³/mol. The Kier molecular flexibility index (Phi) is 4.25. The van der Waals surface area contributed by atoms with Crippen LogP contribution in [0.2, 0.25) is 18.1 Å². The van der Waals surface area contributed by atoms with Gasteiger partial charge in [-0.05, 0) is 42.8 Å². The quantitative estimate of drug-likeness (QED) is 0.771. The lowest BCUT2D eigenvalue weighted by Crippen LogP contribution is -2.42. The average Bonchev–Trinajstić information content (AvgIpc) is 2.39. The van der Waals surface area contributed by atoms with Crippen molar-refractivity contribution in [3.8, 4) is 0 Å². The minimum Gasteiger partial charge on any atom is -0.417 e. The van der Waals surface area contributed by atoms with Crippen molar-refractivity contribution in [2.75, 3.05) is 6.61 Å². The van der Waals surface area contributed by atoms with Crippen molar-refractivity contribution < 1.29 is 4.43 Å². The molecule has 0 bridgehead atoms. The molecule has 1 saturated carbocycles. The molecule has 1 aliphatic carbocycles. The molecule has 0 radical (unpaired) electrons.